The van der Waals surface area contributed by atoms with Crippen molar-refractivity contribution in [3.63, 3.8) is 0 Å². The van der Waals surface area contributed by atoms with E-state index in [1.807, 2.05) is 27.8 Å². The van der Waals surface area contributed by atoms with Crippen LogP contribution in [0.5, 0.6) is 0 Å². The van der Waals surface area contributed by atoms with Crippen LogP contribution in [0.4, 0.5) is 10.6 Å². The molecule has 1 saturated carbocycles. The van der Waals surface area contributed by atoms with E-state index in [0.717, 1.165) is 61.0 Å². The van der Waals surface area contributed by atoms with Crippen LogP contribution in [-0.4, -0.2) is 57.4 Å². The molecule has 31 heavy (non-hydrogen) atoms. The molecule has 1 fully saturated rings. The molecule has 7 nitrogen and oxygen atoms in total. The van der Waals surface area contributed by atoms with Crippen LogP contribution in [0, 0.1) is 0 Å². The first-order valence-electron chi connectivity index (χ1n) is 11.4. The molecule has 0 radical (unpaired) electrons. The lowest BCUT2D eigenvalue weighted by atomic mass is 9.90. The van der Waals surface area contributed by atoms with Crippen LogP contribution in [0.2, 0.25) is 0 Å². The second kappa shape index (κ2) is 8.90. The summed E-state index contributed by atoms with van der Waals surface area (Å²) in [5.74, 6) is 1.33. The van der Waals surface area contributed by atoms with Crippen LogP contribution < -0.4 is 5.32 Å². The minimum Gasteiger partial charge on any atom is -0.444 e. The van der Waals surface area contributed by atoms with Crippen molar-refractivity contribution in [2.75, 3.05) is 19.0 Å². The van der Waals surface area contributed by atoms with E-state index in [4.69, 9.17) is 4.74 Å². The van der Waals surface area contributed by atoms with Crippen molar-refractivity contribution in [2.45, 2.75) is 89.3 Å². The molecule has 170 valence electrons. The van der Waals surface area contributed by atoms with E-state index in [-0.39, 0.29) is 18.7 Å². The van der Waals surface area contributed by atoms with Crippen molar-refractivity contribution in [1.82, 2.24) is 14.9 Å². The van der Waals surface area contributed by atoms with Crippen molar-refractivity contribution < 1.29 is 14.6 Å². The topological polar surface area (TPSA) is 87.6 Å². The van der Waals surface area contributed by atoms with Crippen LogP contribution in [0.3, 0.4) is 0 Å². The first-order valence-corrected chi connectivity index (χ1v) is 12.2. The number of thiophene rings is 1. The van der Waals surface area contributed by atoms with Crippen molar-refractivity contribution in [3.05, 3.63) is 16.8 Å². The Morgan fingerprint density at radius 3 is 2.68 bits per heavy atom. The quantitative estimate of drug-likeness (QED) is 0.693. The predicted molar refractivity (Wildman–Crippen MR) is 124 cm³/mol. The third-order valence-electron chi connectivity index (χ3n) is 6.47. The zero-order chi connectivity index (χ0) is 22.2. The largest absolute Gasteiger partial charge is 0.444 e. The molecule has 0 saturated heterocycles. The summed E-state index contributed by atoms with van der Waals surface area (Å²) >= 11 is 1.77. The van der Waals surface area contributed by atoms with Gasteiger partial charge in [0.25, 0.3) is 0 Å². The predicted octanol–water partition coefficient (Wildman–Crippen LogP) is 4.69. The minimum absolute atomic E-state index is 0.206. The maximum atomic E-state index is 12.4. The number of ether oxygens (including phenoxy) is 1. The zero-order valence-electron chi connectivity index (χ0n) is 19.0. The lowest BCUT2D eigenvalue weighted by Crippen LogP contribution is -2.43. The summed E-state index contributed by atoms with van der Waals surface area (Å²) in [5.41, 5.74) is 0.882. The highest BCUT2D eigenvalue weighted by molar-refractivity contribution is 7.19. The average molecular weight is 447 g/mol. The number of hydrogen-bond acceptors (Lipinski definition) is 7. The zero-order valence-corrected chi connectivity index (χ0v) is 19.8. The Bertz CT molecular complexity index is 931. The molecule has 4 rings (SSSR count). The number of nitrogens with zero attached hydrogens (tertiary/aromatic N) is 3. The van der Waals surface area contributed by atoms with E-state index in [2.05, 4.69) is 15.3 Å². The maximum absolute atomic E-state index is 12.4. The molecule has 0 spiro atoms. The third kappa shape index (κ3) is 4.80. The lowest BCUT2D eigenvalue weighted by molar-refractivity contribution is 0.0185. The molecule has 1 atom stereocenters. The summed E-state index contributed by atoms with van der Waals surface area (Å²) in [4.78, 5) is 25.7. The molecule has 1 amide bonds. The van der Waals surface area contributed by atoms with Crippen LogP contribution in [-0.2, 0) is 11.2 Å². The molecule has 2 heterocycles. The van der Waals surface area contributed by atoms with Gasteiger partial charge in [0.2, 0.25) is 0 Å². The smallest absolute Gasteiger partial charge is 0.410 e. The summed E-state index contributed by atoms with van der Waals surface area (Å²) in [7, 11) is 1.84. The van der Waals surface area contributed by atoms with Crippen LogP contribution in [0.15, 0.2) is 6.33 Å². The Morgan fingerprint density at radius 2 is 2.00 bits per heavy atom. The van der Waals surface area contributed by atoms with Gasteiger partial charge in [0.05, 0.1) is 5.39 Å². The fraction of sp³-hybridized carbons (Fsp3) is 0.696. The number of anilines is 1. The van der Waals surface area contributed by atoms with Gasteiger partial charge < -0.3 is 20.1 Å². The number of aliphatic hydroxyl groups is 1. The Hall–Kier alpha value is -1.93. The van der Waals surface area contributed by atoms with Gasteiger partial charge in [0, 0.05) is 30.6 Å². The fourth-order valence-electron chi connectivity index (χ4n) is 4.91. The number of hydrogen-bond donors (Lipinski definition) is 2. The minimum atomic E-state index is -0.475. The highest BCUT2D eigenvalue weighted by atomic mass is 32.1. The number of aromatic nitrogens is 2. The lowest BCUT2D eigenvalue weighted by Gasteiger charge is -2.36. The second-order valence-electron chi connectivity index (χ2n) is 9.83. The normalized spacial score (nSPS) is 23.6. The van der Waals surface area contributed by atoms with Crippen molar-refractivity contribution in [2.24, 2.45) is 0 Å². The van der Waals surface area contributed by atoms with Gasteiger partial charge in [-0.25, -0.2) is 14.8 Å². The molecular weight excluding hydrogens is 412 g/mol. The molecule has 2 aliphatic rings. The van der Waals surface area contributed by atoms with E-state index in [9.17, 15) is 9.90 Å². The van der Waals surface area contributed by atoms with Crippen molar-refractivity contribution >= 4 is 33.5 Å². The summed E-state index contributed by atoms with van der Waals surface area (Å²) in [5, 5.41) is 14.3. The highest BCUT2D eigenvalue weighted by Crippen LogP contribution is 2.46. The summed E-state index contributed by atoms with van der Waals surface area (Å²) in [6, 6.07) is 0.535. The second-order valence-corrected chi connectivity index (χ2v) is 10.9. The van der Waals surface area contributed by atoms with E-state index >= 15 is 0 Å². The monoisotopic (exact) mass is 446 g/mol. The number of carbonyl (C=O) groups excluding carboxylic acids is 1. The molecule has 2 aliphatic carbocycles. The van der Waals surface area contributed by atoms with Crippen LogP contribution in [0.1, 0.15) is 75.7 Å². The number of nitrogens with one attached hydrogen (secondary N) is 1. The molecule has 8 heteroatoms. The fourth-order valence-corrected chi connectivity index (χ4v) is 6.15. The summed E-state index contributed by atoms with van der Waals surface area (Å²) in [6.45, 7) is 5.91. The number of aryl methyl sites for hydroxylation is 1. The molecule has 2 N–H and O–H groups in total. The van der Waals surface area contributed by atoms with Gasteiger partial charge in [-0.05, 0) is 77.2 Å². The third-order valence-corrected chi connectivity index (χ3v) is 7.65. The molecular formula is C23H34N4O3S. The first-order chi connectivity index (χ1) is 14.8. The van der Waals surface area contributed by atoms with Gasteiger partial charge in [-0.3, -0.25) is 0 Å². The summed E-state index contributed by atoms with van der Waals surface area (Å²) < 4.78 is 5.52. The number of rotatable bonds is 5. The molecule has 0 aromatic carbocycles. The van der Waals surface area contributed by atoms with Gasteiger partial charge in [0.15, 0.2) is 0 Å². The van der Waals surface area contributed by atoms with Crippen molar-refractivity contribution in [1.29, 1.82) is 0 Å². The highest BCUT2D eigenvalue weighted by Gasteiger charge is 2.32. The molecule has 2 aromatic rings. The van der Waals surface area contributed by atoms with Gasteiger partial charge in [-0.15, -0.1) is 11.3 Å². The average Bonchev–Trinajstić information content (AvgIpc) is 3.27. The Kier molecular flexibility index (Phi) is 6.40. The van der Waals surface area contributed by atoms with Crippen molar-refractivity contribution in [3.8, 4) is 0 Å². The molecule has 0 aliphatic heterocycles. The van der Waals surface area contributed by atoms with Gasteiger partial charge in [0.1, 0.15) is 22.6 Å². The SMILES string of the molecule is CN(C(=O)OC(C)(C)C)C1CCC(Nc2ncnc3sc4c(c23)[C@@H](CCO)CC4)CC1. The Balaban J connectivity index is 1.43. The van der Waals surface area contributed by atoms with Gasteiger partial charge >= 0.3 is 6.09 Å². The number of amides is 1. The molecule has 2 aromatic heterocycles. The number of carbonyl (C=O) groups is 1. The van der Waals surface area contributed by atoms with E-state index in [1.165, 1.54) is 10.4 Å². The van der Waals surface area contributed by atoms with Crippen LogP contribution in [0.25, 0.3) is 10.2 Å². The van der Waals surface area contributed by atoms with Gasteiger partial charge in [-0.2, -0.15) is 0 Å². The maximum Gasteiger partial charge on any atom is 0.410 e. The summed E-state index contributed by atoms with van der Waals surface area (Å²) in [6.07, 6.45) is 8.23. The number of fused-ring (bicyclic) bond motifs is 3. The van der Waals surface area contributed by atoms with E-state index < -0.39 is 5.60 Å². The molecule has 0 bridgehead atoms. The van der Waals surface area contributed by atoms with E-state index in [0.29, 0.717) is 12.0 Å². The Labute approximate surface area is 188 Å². The number of aliphatic hydroxyl groups excluding tert-OH is 1. The standard InChI is InChI=1S/C23H34N4O3S/c1-23(2,3)30-22(29)27(4)16-8-6-15(7-9-16)26-20-19-18-14(11-12-28)5-10-17(18)31-21(19)25-13-24-20/h13-16,28H,5-12H2,1-4H3,(H,24,25,26)/t14-,15?,16?/m1/s1. The molecule has 0 unspecified atom stereocenters. The Morgan fingerprint density at radius 1 is 1.26 bits per heavy atom. The van der Waals surface area contributed by atoms with Crippen LogP contribution >= 0.6 is 11.3 Å². The van der Waals surface area contributed by atoms with E-state index in [1.54, 1.807) is 22.6 Å². The van der Waals surface area contributed by atoms with Gasteiger partial charge in [-0.1, -0.05) is 0 Å². The first kappa shape index (κ1) is 22.3.